The molecular weight excluding hydrogens is 316 g/mol. The summed E-state index contributed by atoms with van der Waals surface area (Å²) in [5, 5.41) is 2.91. The van der Waals surface area contributed by atoms with Crippen molar-refractivity contribution >= 4 is 32.7 Å². The molecule has 1 aliphatic rings. The molecule has 0 aliphatic carbocycles. The number of amides is 1. The van der Waals surface area contributed by atoms with E-state index in [1.165, 1.54) is 10.6 Å². The number of carbonyl (C=O) groups excluding carboxylic acids is 1. The number of fused-ring (bicyclic) bond motifs is 1. The van der Waals surface area contributed by atoms with Crippen LogP contribution < -0.4 is 5.32 Å². The largest absolute Gasteiger partial charge is 0.342 e. The molecule has 0 unspecified atom stereocenters. The predicted octanol–water partition coefficient (Wildman–Crippen LogP) is 1.48. The van der Waals surface area contributed by atoms with Gasteiger partial charge in [-0.25, -0.2) is 17.7 Å². The zero-order valence-electron chi connectivity index (χ0n) is 13.2. The summed E-state index contributed by atoms with van der Waals surface area (Å²) in [4.78, 5) is 19.8. The molecule has 1 aromatic heterocycles. The number of imidazole rings is 1. The number of hydrogen-bond acceptors (Lipinski definition) is 4. The van der Waals surface area contributed by atoms with Crippen molar-refractivity contribution in [2.45, 2.75) is 19.8 Å². The number of benzene rings is 1. The van der Waals surface area contributed by atoms with Crippen LogP contribution in [0.5, 0.6) is 0 Å². The minimum absolute atomic E-state index is 0.0614. The van der Waals surface area contributed by atoms with Crippen molar-refractivity contribution in [3.8, 4) is 0 Å². The molecule has 7 nitrogen and oxygen atoms in total. The molecule has 0 atom stereocenters. The highest BCUT2D eigenvalue weighted by molar-refractivity contribution is 7.88. The second-order valence-corrected chi connectivity index (χ2v) is 7.96. The average Bonchev–Trinajstić information content (AvgIpc) is 2.86. The minimum Gasteiger partial charge on any atom is -0.342 e. The van der Waals surface area contributed by atoms with Gasteiger partial charge >= 0.3 is 0 Å². The molecule has 0 radical (unpaired) electrons. The van der Waals surface area contributed by atoms with Crippen LogP contribution >= 0.6 is 0 Å². The number of hydrogen-bond donors (Lipinski definition) is 2. The normalized spacial score (nSPS) is 17.5. The second-order valence-electron chi connectivity index (χ2n) is 5.98. The van der Waals surface area contributed by atoms with Crippen LogP contribution in [-0.2, 0) is 14.8 Å². The molecule has 0 bridgehead atoms. The summed E-state index contributed by atoms with van der Waals surface area (Å²) in [6.45, 7) is 2.68. The van der Waals surface area contributed by atoms with E-state index in [1.807, 2.05) is 25.1 Å². The van der Waals surface area contributed by atoms with Crippen molar-refractivity contribution in [2.24, 2.45) is 5.92 Å². The van der Waals surface area contributed by atoms with Gasteiger partial charge in [-0.15, -0.1) is 0 Å². The maximum Gasteiger partial charge on any atom is 0.227 e. The van der Waals surface area contributed by atoms with Gasteiger partial charge in [-0.3, -0.25) is 4.79 Å². The number of aryl methyl sites for hydroxylation is 1. The van der Waals surface area contributed by atoms with Gasteiger partial charge in [0.25, 0.3) is 0 Å². The Kier molecular flexibility index (Phi) is 4.11. The van der Waals surface area contributed by atoms with Gasteiger partial charge in [0.15, 0.2) is 0 Å². The average molecular weight is 336 g/mol. The molecule has 1 aromatic carbocycles. The highest BCUT2D eigenvalue weighted by Gasteiger charge is 2.28. The van der Waals surface area contributed by atoms with Crippen LogP contribution in [-0.4, -0.2) is 47.9 Å². The van der Waals surface area contributed by atoms with Gasteiger partial charge in [-0.2, -0.15) is 0 Å². The Morgan fingerprint density at radius 1 is 1.35 bits per heavy atom. The Labute approximate surface area is 135 Å². The SMILES string of the molecule is Cc1nc2ccc(NC(=O)C3CCN(S(C)(=O)=O)CC3)cc2[nH]1. The lowest BCUT2D eigenvalue weighted by Gasteiger charge is -2.29. The van der Waals surface area contributed by atoms with E-state index < -0.39 is 10.0 Å². The summed E-state index contributed by atoms with van der Waals surface area (Å²) in [5.41, 5.74) is 2.46. The lowest BCUT2D eigenvalue weighted by molar-refractivity contribution is -0.120. The van der Waals surface area contributed by atoms with Crippen molar-refractivity contribution in [3.05, 3.63) is 24.0 Å². The molecule has 1 aliphatic heterocycles. The van der Waals surface area contributed by atoms with Gasteiger partial charge in [0, 0.05) is 24.7 Å². The number of aromatic amines is 1. The molecule has 1 fully saturated rings. The highest BCUT2D eigenvalue weighted by Crippen LogP contribution is 2.22. The summed E-state index contributed by atoms with van der Waals surface area (Å²) in [5.74, 6) is 0.609. The van der Waals surface area contributed by atoms with Gasteiger partial charge in [-0.1, -0.05) is 0 Å². The van der Waals surface area contributed by atoms with Crippen LogP contribution in [0, 0.1) is 12.8 Å². The predicted molar refractivity (Wildman–Crippen MR) is 88.6 cm³/mol. The van der Waals surface area contributed by atoms with Gasteiger partial charge in [0.1, 0.15) is 5.82 Å². The van der Waals surface area contributed by atoms with Crippen molar-refractivity contribution in [1.29, 1.82) is 0 Å². The fraction of sp³-hybridized carbons (Fsp3) is 0.467. The Morgan fingerprint density at radius 2 is 2.04 bits per heavy atom. The zero-order valence-corrected chi connectivity index (χ0v) is 14.0. The van der Waals surface area contributed by atoms with Crippen molar-refractivity contribution in [2.75, 3.05) is 24.7 Å². The van der Waals surface area contributed by atoms with Crippen molar-refractivity contribution < 1.29 is 13.2 Å². The Balaban J connectivity index is 1.64. The molecule has 0 spiro atoms. The monoisotopic (exact) mass is 336 g/mol. The second kappa shape index (κ2) is 5.93. The van der Waals surface area contributed by atoms with E-state index in [0.29, 0.717) is 25.9 Å². The maximum atomic E-state index is 12.4. The molecule has 3 rings (SSSR count). The third kappa shape index (κ3) is 3.53. The molecule has 2 aromatic rings. The minimum atomic E-state index is -3.17. The first kappa shape index (κ1) is 15.9. The van der Waals surface area contributed by atoms with Gasteiger partial charge < -0.3 is 10.3 Å². The highest BCUT2D eigenvalue weighted by atomic mass is 32.2. The van der Waals surface area contributed by atoms with Crippen LogP contribution in [0.1, 0.15) is 18.7 Å². The molecule has 2 N–H and O–H groups in total. The van der Waals surface area contributed by atoms with E-state index in [9.17, 15) is 13.2 Å². The number of anilines is 1. The van der Waals surface area contributed by atoms with Crippen LogP contribution in [0.15, 0.2) is 18.2 Å². The van der Waals surface area contributed by atoms with Gasteiger partial charge in [0.2, 0.25) is 15.9 Å². The number of nitrogens with zero attached hydrogens (tertiary/aromatic N) is 2. The number of rotatable bonds is 3. The molecular formula is C15H20N4O3S. The molecule has 2 heterocycles. The number of carbonyl (C=O) groups is 1. The fourth-order valence-electron chi connectivity index (χ4n) is 2.91. The van der Waals surface area contributed by atoms with E-state index in [4.69, 9.17) is 0 Å². The Hall–Kier alpha value is -1.93. The summed E-state index contributed by atoms with van der Waals surface area (Å²) in [6.07, 6.45) is 2.30. The van der Waals surface area contributed by atoms with Crippen molar-refractivity contribution in [3.63, 3.8) is 0 Å². The molecule has 23 heavy (non-hydrogen) atoms. The van der Waals surface area contributed by atoms with E-state index in [2.05, 4.69) is 15.3 Å². The Morgan fingerprint density at radius 3 is 2.70 bits per heavy atom. The molecule has 1 saturated heterocycles. The van der Waals surface area contributed by atoms with Crippen LogP contribution in [0.3, 0.4) is 0 Å². The van der Waals surface area contributed by atoms with Crippen LogP contribution in [0.25, 0.3) is 11.0 Å². The standard InChI is InChI=1S/C15H20N4O3S/c1-10-16-13-4-3-12(9-14(13)17-10)18-15(20)11-5-7-19(8-6-11)23(2,21)22/h3-4,9,11H,5-8H2,1-2H3,(H,16,17)(H,18,20). The quantitative estimate of drug-likeness (QED) is 0.887. The maximum absolute atomic E-state index is 12.4. The van der Waals surface area contributed by atoms with Crippen LogP contribution in [0.2, 0.25) is 0 Å². The number of piperidine rings is 1. The number of aromatic nitrogens is 2. The molecule has 1 amide bonds. The first-order chi connectivity index (χ1) is 10.8. The number of H-pyrrole nitrogens is 1. The van der Waals surface area contributed by atoms with Gasteiger partial charge in [0.05, 0.1) is 17.3 Å². The lowest BCUT2D eigenvalue weighted by Crippen LogP contribution is -2.40. The fourth-order valence-corrected chi connectivity index (χ4v) is 3.78. The summed E-state index contributed by atoms with van der Waals surface area (Å²) < 4.78 is 24.4. The third-order valence-electron chi connectivity index (χ3n) is 4.16. The molecule has 0 saturated carbocycles. The topological polar surface area (TPSA) is 95.2 Å². The molecule has 8 heteroatoms. The van der Waals surface area contributed by atoms with E-state index in [1.54, 1.807) is 0 Å². The van der Waals surface area contributed by atoms with E-state index in [0.717, 1.165) is 22.5 Å². The van der Waals surface area contributed by atoms with Crippen molar-refractivity contribution in [1.82, 2.24) is 14.3 Å². The van der Waals surface area contributed by atoms with E-state index in [-0.39, 0.29) is 11.8 Å². The summed E-state index contributed by atoms with van der Waals surface area (Å²) in [7, 11) is -3.17. The first-order valence-corrected chi connectivity index (χ1v) is 9.40. The molecule has 124 valence electrons. The number of sulfonamides is 1. The first-order valence-electron chi connectivity index (χ1n) is 7.55. The Bertz CT molecular complexity index is 836. The van der Waals surface area contributed by atoms with E-state index >= 15 is 0 Å². The van der Waals surface area contributed by atoms with Crippen LogP contribution in [0.4, 0.5) is 5.69 Å². The summed E-state index contributed by atoms with van der Waals surface area (Å²) >= 11 is 0. The summed E-state index contributed by atoms with van der Waals surface area (Å²) in [6, 6.07) is 5.55. The van der Waals surface area contributed by atoms with Gasteiger partial charge in [-0.05, 0) is 38.0 Å². The smallest absolute Gasteiger partial charge is 0.227 e. The zero-order chi connectivity index (χ0) is 16.6. The third-order valence-corrected chi connectivity index (χ3v) is 5.46. The number of nitrogens with one attached hydrogen (secondary N) is 2. The lowest BCUT2D eigenvalue weighted by atomic mass is 9.97.